The maximum atomic E-state index is 13.5. The topological polar surface area (TPSA) is 60.3 Å². The molecule has 0 unspecified atom stereocenters. The number of benzene rings is 2. The molecule has 0 bridgehead atoms. The van der Waals surface area contributed by atoms with E-state index in [9.17, 15) is 26.0 Å². The molecule has 1 radical (unpaired) electrons. The molecule has 0 aliphatic rings. The second kappa shape index (κ2) is 8.51. The van der Waals surface area contributed by atoms with E-state index in [0.29, 0.717) is 11.1 Å². The van der Waals surface area contributed by atoms with Crippen molar-refractivity contribution in [2.45, 2.75) is 17.6 Å². The fourth-order valence-corrected chi connectivity index (χ4v) is 3.57. The number of hydrogen-bond acceptors (Lipinski definition) is 4. The summed E-state index contributed by atoms with van der Waals surface area (Å²) in [4.78, 5) is 0.0844. The van der Waals surface area contributed by atoms with Crippen molar-refractivity contribution in [1.82, 2.24) is 4.57 Å². The van der Waals surface area contributed by atoms with Gasteiger partial charge in [-0.1, -0.05) is 5.92 Å². The highest BCUT2D eigenvalue weighted by atomic mass is 32.2. The number of aromatic nitrogens is 1. The molecule has 1 aromatic heterocycles. The minimum absolute atomic E-state index is 0.0419. The predicted molar refractivity (Wildman–Crippen MR) is 108 cm³/mol. The Morgan fingerprint density at radius 3 is 2.61 bits per heavy atom. The third-order valence-electron chi connectivity index (χ3n) is 4.30. The molecule has 0 saturated carbocycles. The number of ether oxygens (including phenoxy) is 1. The summed E-state index contributed by atoms with van der Waals surface area (Å²) < 4.78 is 81.9. The summed E-state index contributed by atoms with van der Waals surface area (Å²) in [6.45, 7) is -1.27. The Bertz CT molecular complexity index is 1290. The summed E-state index contributed by atoms with van der Waals surface area (Å²) in [7, 11) is -2.03. The van der Waals surface area contributed by atoms with Crippen molar-refractivity contribution in [3.63, 3.8) is 0 Å². The first-order valence-electron chi connectivity index (χ1n) is 8.86. The molecule has 31 heavy (non-hydrogen) atoms. The van der Waals surface area contributed by atoms with Crippen LogP contribution in [-0.4, -0.2) is 39.1 Å². The highest BCUT2D eigenvalue weighted by Crippen LogP contribution is 2.28. The number of nitrogens with zero attached hydrogens (tertiary/aromatic N) is 1. The lowest BCUT2D eigenvalue weighted by atomic mass is 10.2. The molecule has 3 rings (SSSR count). The maximum absolute atomic E-state index is 13.5. The van der Waals surface area contributed by atoms with Crippen LogP contribution in [0.15, 0.2) is 41.3 Å². The molecule has 0 aliphatic carbocycles. The lowest BCUT2D eigenvalue weighted by Crippen LogP contribution is -2.18. The van der Waals surface area contributed by atoms with Crippen LogP contribution in [0.5, 0.6) is 5.75 Å². The van der Waals surface area contributed by atoms with Crippen LogP contribution in [0, 0.1) is 23.7 Å². The average Bonchev–Trinajstić information content (AvgIpc) is 2.99. The fourth-order valence-electron chi connectivity index (χ4n) is 2.93. The van der Waals surface area contributed by atoms with Crippen LogP contribution in [-0.2, 0) is 16.4 Å². The van der Waals surface area contributed by atoms with Gasteiger partial charge in [0.05, 0.1) is 35.4 Å². The van der Waals surface area contributed by atoms with Crippen molar-refractivity contribution >= 4 is 26.4 Å². The van der Waals surface area contributed by atoms with Gasteiger partial charge in [-0.2, -0.15) is 13.2 Å². The highest BCUT2D eigenvalue weighted by Gasteiger charge is 2.29. The lowest BCUT2D eigenvalue weighted by Gasteiger charge is -2.11. The van der Waals surface area contributed by atoms with E-state index in [1.54, 1.807) is 0 Å². The Labute approximate surface area is 176 Å². The quantitative estimate of drug-likeness (QED) is 0.468. The maximum Gasteiger partial charge on any atom is 0.406 e. The van der Waals surface area contributed by atoms with Gasteiger partial charge in [0.25, 0.3) is 0 Å². The van der Waals surface area contributed by atoms with Gasteiger partial charge in [0.1, 0.15) is 18.1 Å². The molecule has 0 aliphatic heterocycles. The molecule has 5 nitrogen and oxygen atoms in total. The zero-order valence-corrected chi connectivity index (χ0v) is 17.3. The lowest BCUT2D eigenvalue weighted by molar-refractivity contribution is -0.140. The summed E-state index contributed by atoms with van der Waals surface area (Å²) in [5.74, 6) is 4.96. The van der Waals surface area contributed by atoms with E-state index >= 15 is 0 Å². The van der Waals surface area contributed by atoms with E-state index < -0.39 is 28.4 Å². The molecule has 3 aromatic rings. The molecule has 0 spiro atoms. The summed E-state index contributed by atoms with van der Waals surface area (Å²) in [6, 6.07) is 10.3. The Kier molecular flexibility index (Phi) is 6.18. The molecular formula is C21H17F4N2O3S. The van der Waals surface area contributed by atoms with Crippen molar-refractivity contribution in [2.75, 3.05) is 25.2 Å². The Morgan fingerprint density at radius 2 is 1.97 bits per heavy atom. The first-order valence-corrected chi connectivity index (χ1v) is 10.7. The van der Waals surface area contributed by atoms with Crippen molar-refractivity contribution in [3.8, 4) is 17.6 Å². The normalized spacial score (nSPS) is 11.8. The highest BCUT2D eigenvalue weighted by molar-refractivity contribution is 7.90. The largest absolute Gasteiger partial charge is 0.495 e. The molecule has 2 aromatic carbocycles. The van der Waals surface area contributed by atoms with Crippen LogP contribution in [0.2, 0.25) is 0 Å². The number of anilines is 1. The first-order chi connectivity index (χ1) is 14.5. The standard InChI is InChI=1S/C21H17F4N2O3S/c1-30-20-12-17(31(2,28)29)7-8-18(20)26-9-3-4-16-10-14-5-6-15(22)11-19(14)27(16)13-21(23,24)25/h6-8,10-12,26H,9,13H2,1-2H3. The van der Waals surface area contributed by atoms with Gasteiger partial charge in [0.15, 0.2) is 9.84 Å². The summed E-state index contributed by atoms with van der Waals surface area (Å²) >= 11 is 0. The second-order valence-electron chi connectivity index (χ2n) is 6.64. The van der Waals surface area contributed by atoms with Gasteiger partial charge in [-0.25, -0.2) is 12.8 Å². The van der Waals surface area contributed by atoms with Crippen LogP contribution in [0.1, 0.15) is 5.69 Å². The van der Waals surface area contributed by atoms with E-state index in [1.165, 1.54) is 31.4 Å². The predicted octanol–water partition coefficient (Wildman–Crippen LogP) is 4.02. The van der Waals surface area contributed by atoms with Gasteiger partial charge in [0, 0.05) is 17.7 Å². The number of rotatable bonds is 5. The van der Waals surface area contributed by atoms with E-state index in [1.807, 2.05) is 0 Å². The Balaban J connectivity index is 1.85. The van der Waals surface area contributed by atoms with E-state index in [2.05, 4.69) is 23.2 Å². The second-order valence-corrected chi connectivity index (χ2v) is 8.65. The summed E-state index contributed by atoms with van der Waals surface area (Å²) in [5, 5.41) is 3.25. The molecule has 10 heteroatoms. The van der Waals surface area contributed by atoms with E-state index in [4.69, 9.17) is 4.74 Å². The number of alkyl halides is 3. The van der Waals surface area contributed by atoms with Crippen LogP contribution < -0.4 is 10.1 Å². The molecule has 1 heterocycles. The molecule has 0 saturated heterocycles. The third kappa shape index (κ3) is 5.49. The van der Waals surface area contributed by atoms with E-state index in [0.717, 1.165) is 23.0 Å². The van der Waals surface area contributed by atoms with Crippen LogP contribution in [0.4, 0.5) is 23.2 Å². The average molecular weight is 453 g/mol. The van der Waals surface area contributed by atoms with Gasteiger partial charge in [-0.3, -0.25) is 0 Å². The SMILES string of the molecule is COc1cc(S(C)(=O)=O)ccc1NCC#Cc1cc2[c]cc(F)cc2n1CC(F)(F)F. The van der Waals surface area contributed by atoms with Gasteiger partial charge in [-0.15, -0.1) is 0 Å². The van der Waals surface area contributed by atoms with Crippen LogP contribution in [0.25, 0.3) is 10.9 Å². The van der Waals surface area contributed by atoms with Crippen molar-refractivity contribution in [2.24, 2.45) is 0 Å². The monoisotopic (exact) mass is 453 g/mol. The zero-order valence-electron chi connectivity index (χ0n) is 16.5. The number of nitrogens with one attached hydrogen (secondary N) is 1. The summed E-state index contributed by atoms with van der Waals surface area (Å²) in [5.41, 5.74) is 0.582. The van der Waals surface area contributed by atoms with E-state index in [-0.39, 0.29) is 28.4 Å². The number of sulfone groups is 1. The molecule has 1 N–H and O–H groups in total. The molecule has 0 atom stereocenters. The van der Waals surface area contributed by atoms with Gasteiger partial charge in [-0.05, 0) is 42.3 Å². The zero-order chi connectivity index (χ0) is 22.8. The molecule has 0 fully saturated rings. The van der Waals surface area contributed by atoms with Gasteiger partial charge >= 0.3 is 6.18 Å². The smallest absolute Gasteiger partial charge is 0.406 e. The van der Waals surface area contributed by atoms with Crippen molar-refractivity contribution in [3.05, 3.63) is 54.0 Å². The molecule has 163 valence electrons. The van der Waals surface area contributed by atoms with Crippen molar-refractivity contribution in [1.29, 1.82) is 0 Å². The minimum atomic E-state index is -4.51. The minimum Gasteiger partial charge on any atom is -0.495 e. The van der Waals surface area contributed by atoms with Crippen LogP contribution in [0.3, 0.4) is 0 Å². The van der Waals surface area contributed by atoms with Crippen LogP contribution >= 0.6 is 0 Å². The number of halogens is 4. The summed E-state index contributed by atoms with van der Waals surface area (Å²) in [6.07, 6.45) is -3.44. The third-order valence-corrected chi connectivity index (χ3v) is 5.41. The fraction of sp³-hybridized carbons (Fsp3) is 0.238. The number of fused-ring (bicyclic) bond motifs is 1. The van der Waals surface area contributed by atoms with Crippen molar-refractivity contribution < 1.29 is 30.7 Å². The van der Waals surface area contributed by atoms with Gasteiger partial charge in [0.2, 0.25) is 0 Å². The molecular weight excluding hydrogens is 436 g/mol. The Morgan fingerprint density at radius 1 is 1.23 bits per heavy atom. The molecule has 0 amide bonds. The Hall–Kier alpha value is -3.19. The number of methoxy groups -OCH3 is 1. The number of hydrogen-bond donors (Lipinski definition) is 1. The van der Waals surface area contributed by atoms with Gasteiger partial charge < -0.3 is 14.6 Å². The first kappa shape index (κ1) is 22.5.